The minimum absolute atomic E-state index is 0.0280. The molecule has 0 bridgehead atoms. The van der Waals surface area contributed by atoms with Crippen LogP contribution in [-0.2, 0) is 21.4 Å². The van der Waals surface area contributed by atoms with E-state index < -0.39 is 16.0 Å². The Morgan fingerprint density at radius 1 is 1.12 bits per heavy atom. The quantitative estimate of drug-likeness (QED) is 0.597. The highest BCUT2D eigenvalue weighted by atomic mass is 79.9. The second kappa shape index (κ2) is 8.98. The lowest BCUT2D eigenvalue weighted by atomic mass is 10.2. The van der Waals surface area contributed by atoms with Gasteiger partial charge in [0.25, 0.3) is 0 Å². The van der Waals surface area contributed by atoms with E-state index >= 15 is 0 Å². The minimum Gasteiger partial charge on any atom is -0.478 e. The average molecular weight is 428 g/mol. The molecule has 2 aromatic rings. The van der Waals surface area contributed by atoms with Gasteiger partial charge in [-0.1, -0.05) is 36.4 Å². The van der Waals surface area contributed by atoms with E-state index in [-0.39, 0.29) is 23.6 Å². The fraction of sp³-hybridized carbons (Fsp3) is 0.235. The van der Waals surface area contributed by atoms with E-state index in [9.17, 15) is 13.2 Å². The molecule has 0 aliphatic heterocycles. The van der Waals surface area contributed by atoms with Gasteiger partial charge in [0.05, 0.1) is 23.6 Å². The third kappa shape index (κ3) is 6.15. The van der Waals surface area contributed by atoms with Crippen molar-refractivity contribution in [3.63, 3.8) is 0 Å². The fourth-order valence-electron chi connectivity index (χ4n) is 2.13. The summed E-state index contributed by atoms with van der Waals surface area (Å²) in [7, 11) is -3.68. The van der Waals surface area contributed by atoms with Crippen LogP contribution in [0, 0.1) is 0 Å². The Morgan fingerprint density at radius 3 is 2.52 bits per heavy atom. The van der Waals surface area contributed by atoms with Crippen molar-refractivity contribution in [3.8, 4) is 0 Å². The van der Waals surface area contributed by atoms with Gasteiger partial charge in [0.2, 0.25) is 10.0 Å². The van der Waals surface area contributed by atoms with Gasteiger partial charge in [-0.25, -0.2) is 13.2 Å². The second-order valence-electron chi connectivity index (χ2n) is 5.28. The Bertz CT molecular complexity index is 824. The van der Waals surface area contributed by atoms with Crippen LogP contribution in [-0.4, -0.2) is 31.9 Å². The van der Waals surface area contributed by atoms with Gasteiger partial charge in [0, 0.05) is 11.1 Å². The molecule has 0 aliphatic rings. The van der Waals surface area contributed by atoms with Gasteiger partial charge >= 0.3 is 5.97 Å². The van der Waals surface area contributed by atoms with Crippen LogP contribution in [0.25, 0.3) is 0 Å². The first kappa shape index (κ1) is 19.4. The largest absolute Gasteiger partial charge is 0.478 e. The molecule has 134 valence electrons. The molecule has 0 aromatic heterocycles. The summed E-state index contributed by atoms with van der Waals surface area (Å²) in [4.78, 5) is 11.2. The van der Waals surface area contributed by atoms with Crippen molar-refractivity contribution in [2.75, 3.05) is 17.1 Å². The van der Waals surface area contributed by atoms with Crippen LogP contribution in [0.2, 0.25) is 0 Å². The van der Waals surface area contributed by atoms with E-state index in [1.165, 1.54) is 12.1 Å². The summed E-state index contributed by atoms with van der Waals surface area (Å²) < 4.78 is 32.5. The number of nitrogens with one attached hydrogen (secondary N) is 1. The number of carboxylic acid groups (broad SMARTS) is 1. The summed E-state index contributed by atoms with van der Waals surface area (Å²) in [5.74, 6) is -1.37. The number of halogens is 1. The molecule has 2 N–H and O–H groups in total. The molecule has 0 amide bonds. The molecule has 0 fully saturated rings. The van der Waals surface area contributed by atoms with Gasteiger partial charge in [-0.05, 0) is 40.0 Å². The first-order valence-corrected chi connectivity index (χ1v) is 9.97. The molecule has 0 spiro atoms. The predicted molar refractivity (Wildman–Crippen MR) is 99.2 cm³/mol. The van der Waals surface area contributed by atoms with E-state index in [2.05, 4.69) is 20.7 Å². The highest BCUT2D eigenvalue weighted by Crippen LogP contribution is 2.27. The first-order chi connectivity index (χ1) is 11.9. The number of anilines is 1. The van der Waals surface area contributed by atoms with Crippen molar-refractivity contribution in [1.29, 1.82) is 0 Å². The zero-order valence-electron chi connectivity index (χ0n) is 13.3. The topological polar surface area (TPSA) is 92.7 Å². The first-order valence-electron chi connectivity index (χ1n) is 7.53. The van der Waals surface area contributed by atoms with Crippen molar-refractivity contribution in [2.45, 2.75) is 13.0 Å². The second-order valence-corrected chi connectivity index (χ2v) is 7.98. The molecular formula is C17H18BrNO5S. The van der Waals surface area contributed by atoms with Crippen LogP contribution in [0.1, 0.15) is 22.3 Å². The monoisotopic (exact) mass is 427 g/mol. The standard InChI is InChI=1S/C17H18BrNO5S/c18-15-9-4-8-14(17(20)21)16(15)19-25(22,23)11-5-10-24-12-13-6-2-1-3-7-13/h1-4,6-9,19H,5,10-12H2,(H,20,21). The molecule has 0 saturated heterocycles. The molecular weight excluding hydrogens is 410 g/mol. The molecule has 2 aromatic carbocycles. The van der Waals surface area contributed by atoms with Crippen molar-refractivity contribution >= 4 is 37.6 Å². The Hall–Kier alpha value is -1.90. The average Bonchev–Trinajstić information content (AvgIpc) is 2.57. The number of sulfonamides is 1. The third-order valence-electron chi connectivity index (χ3n) is 3.31. The number of hydrogen-bond acceptors (Lipinski definition) is 4. The number of aromatic carboxylic acids is 1. The predicted octanol–water partition coefficient (Wildman–Crippen LogP) is 3.50. The van der Waals surface area contributed by atoms with Crippen LogP contribution >= 0.6 is 15.9 Å². The lowest BCUT2D eigenvalue weighted by molar-refractivity contribution is 0.0698. The zero-order chi connectivity index (χ0) is 18.3. The smallest absolute Gasteiger partial charge is 0.337 e. The molecule has 0 atom stereocenters. The summed E-state index contributed by atoms with van der Waals surface area (Å²) in [6.45, 7) is 0.708. The Balaban J connectivity index is 1.87. The van der Waals surface area contributed by atoms with Crippen LogP contribution in [0.4, 0.5) is 5.69 Å². The Morgan fingerprint density at radius 2 is 1.84 bits per heavy atom. The van der Waals surface area contributed by atoms with E-state index in [4.69, 9.17) is 9.84 Å². The molecule has 0 aliphatic carbocycles. The lowest BCUT2D eigenvalue weighted by Crippen LogP contribution is -2.20. The number of rotatable bonds is 9. The van der Waals surface area contributed by atoms with E-state index in [0.29, 0.717) is 17.5 Å². The van der Waals surface area contributed by atoms with Gasteiger partial charge in [-0.2, -0.15) is 0 Å². The summed E-state index contributed by atoms with van der Waals surface area (Å²) in [5, 5.41) is 9.17. The van der Waals surface area contributed by atoms with Crippen molar-refractivity contribution in [1.82, 2.24) is 0 Å². The number of ether oxygens (including phenoxy) is 1. The highest BCUT2D eigenvalue weighted by Gasteiger charge is 2.18. The molecule has 0 saturated carbocycles. The van der Waals surface area contributed by atoms with E-state index in [0.717, 1.165) is 5.56 Å². The van der Waals surface area contributed by atoms with Gasteiger partial charge in [0.1, 0.15) is 0 Å². The van der Waals surface area contributed by atoms with Crippen LogP contribution in [0.5, 0.6) is 0 Å². The van der Waals surface area contributed by atoms with Crippen LogP contribution < -0.4 is 4.72 Å². The number of hydrogen-bond donors (Lipinski definition) is 2. The van der Waals surface area contributed by atoms with E-state index in [1.54, 1.807) is 6.07 Å². The molecule has 0 radical (unpaired) electrons. The highest BCUT2D eigenvalue weighted by molar-refractivity contribution is 9.10. The van der Waals surface area contributed by atoms with Crippen molar-refractivity contribution < 1.29 is 23.1 Å². The molecule has 25 heavy (non-hydrogen) atoms. The maximum Gasteiger partial charge on any atom is 0.337 e. The normalized spacial score (nSPS) is 11.2. The Kier molecular flexibility index (Phi) is 6.98. The minimum atomic E-state index is -3.68. The molecule has 0 heterocycles. The SMILES string of the molecule is O=C(O)c1cccc(Br)c1NS(=O)(=O)CCCOCc1ccccc1. The van der Waals surface area contributed by atoms with Crippen molar-refractivity contribution in [2.24, 2.45) is 0 Å². The maximum absolute atomic E-state index is 12.2. The molecule has 2 rings (SSSR count). The van der Waals surface area contributed by atoms with Crippen molar-refractivity contribution in [3.05, 3.63) is 64.1 Å². The molecule has 6 nitrogen and oxygen atoms in total. The molecule has 8 heteroatoms. The summed E-state index contributed by atoms with van der Waals surface area (Å²) in [6, 6.07) is 14.0. The Labute approximate surface area is 155 Å². The number of carboxylic acids is 1. The van der Waals surface area contributed by atoms with Gasteiger partial charge in [0.15, 0.2) is 0 Å². The zero-order valence-corrected chi connectivity index (χ0v) is 15.7. The van der Waals surface area contributed by atoms with Gasteiger partial charge in [-0.15, -0.1) is 0 Å². The number of carbonyl (C=O) groups is 1. The lowest BCUT2D eigenvalue weighted by Gasteiger charge is -2.12. The van der Waals surface area contributed by atoms with Gasteiger partial charge < -0.3 is 9.84 Å². The van der Waals surface area contributed by atoms with Gasteiger partial charge in [-0.3, -0.25) is 4.72 Å². The third-order valence-corrected chi connectivity index (χ3v) is 5.32. The van der Waals surface area contributed by atoms with Crippen LogP contribution in [0.3, 0.4) is 0 Å². The summed E-state index contributed by atoms with van der Waals surface area (Å²) in [5.41, 5.74) is 0.932. The maximum atomic E-state index is 12.2. The molecule has 0 unspecified atom stereocenters. The number of para-hydroxylation sites is 1. The van der Waals surface area contributed by atoms with Crippen LogP contribution in [0.15, 0.2) is 53.0 Å². The summed E-state index contributed by atoms with van der Waals surface area (Å²) >= 11 is 3.17. The summed E-state index contributed by atoms with van der Waals surface area (Å²) in [6.07, 6.45) is 0.301. The van der Waals surface area contributed by atoms with E-state index in [1.807, 2.05) is 30.3 Å². The number of benzene rings is 2. The fourth-order valence-corrected chi connectivity index (χ4v) is 3.86.